The van der Waals surface area contributed by atoms with Crippen molar-refractivity contribution in [2.75, 3.05) is 10.8 Å². The van der Waals surface area contributed by atoms with Crippen LogP contribution in [0.15, 0.2) is 108 Å². The van der Waals surface area contributed by atoms with Gasteiger partial charge in [0, 0.05) is 19.0 Å². The largest absolute Gasteiger partial charge is 0.352 e. The van der Waals surface area contributed by atoms with E-state index in [4.69, 9.17) is 0 Å². The van der Waals surface area contributed by atoms with Gasteiger partial charge in [0.05, 0.1) is 10.6 Å². The zero-order valence-electron chi connectivity index (χ0n) is 26.9. The van der Waals surface area contributed by atoms with Crippen LogP contribution in [0.5, 0.6) is 0 Å². The summed E-state index contributed by atoms with van der Waals surface area (Å²) in [6, 6.07) is 30.5. The summed E-state index contributed by atoms with van der Waals surface area (Å²) in [4.78, 5) is 30.5. The van der Waals surface area contributed by atoms with E-state index in [1.807, 2.05) is 87.5 Å². The average Bonchev–Trinajstić information content (AvgIpc) is 3.57. The molecule has 0 aromatic heterocycles. The van der Waals surface area contributed by atoms with E-state index in [0.29, 0.717) is 12.1 Å². The number of nitrogens with zero attached hydrogens (tertiary/aromatic N) is 2. The fourth-order valence-electron chi connectivity index (χ4n) is 6.03. The highest BCUT2D eigenvalue weighted by Crippen LogP contribution is 2.29. The van der Waals surface area contributed by atoms with Crippen molar-refractivity contribution in [3.63, 3.8) is 0 Å². The zero-order chi connectivity index (χ0) is 32.7. The van der Waals surface area contributed by atoms with Crippen LogP contribution in [-0.2, 0) is 32.6 Å². The molecule has 0 unspecified atom stereocenters. The van der Waals surface area contributed by atoms with E-state index in [2.05, 4.69) is 5.32 Å². The maximum absolute atomic E-state index is 14.7. The Labute approximate surface area is 273 Å². The minimum atomic E-state index is -4.14. The van der Waals surface area contributed by atoms with Crippen LogP contribution >= 0.6 is 0 Å². The molecule has 8 heteroatoms. The van der Waals surface area contributed by atoms with Crippen LogP contribution in [0.3, 0.4) is 0 Å². The van der Waals surface area contributed by atoms with Crippen LogP contribution < -0.4 is 9.62 Å². The van der Waals surface area contributed by atoms with E-state index in [-0.39, 0.29) is 23.4 Å². The number of amides is 2. The third-order valence-corrected chi connectivity index (χ3v) is 10.5. The summed E-state index contributed by atoms with van der Waals surface area (Å²) < 4.78 is 29.7. The van der Waals surface area contributed by atoms with Gasteiger partial charge in [-0.15, -0.1) is 0 Å². The molecular formula is C38H43N3O4S. The number of hydrogen-bond acceptors (Lipinski definition) is 4. The molecule has 1 aliphatic rings. The number of carbonyl (C=O) groups excluding carboxylic acids is 2. The molecule has 1 N–H and O–H groups in total. The molecule has 7 nitrogen and oxygen atoms in total. The molecule has 2 amide bonds. The van der Waals surface area contributed by atoms with E-state index in [1.165, 1.54) is 16.4 Å². The Balaban J connectivity index is 1.58. The van der Waals surface area contributed by atoms with Gasteiger partial charge in [-0.3, -0.25) is 13.9 Å². The predicted octanol–water partition coefficient (Wildman–Crippen LogP) is 6.51. The lowest BCUT2D eigenvalue weighted by molar-refractivity contribution is -0.140. The van der Waals surface area contributed by atoms with Crippen molar-refractivity contribution < 1.29 is 18.0 Å². The molecule has 0 aliphatic heterocycles. The molecule has 0 spiro atoms. The number of nitrogens with one attached hydrogen (secondary N) is 1. The van der Waals surface area contributed by atoms with Crippen LogP contribution in [-0.4, -0.2) is 43.8 Å². The van der Waals surface area contributed by atoms with Gasteiger partial charge in [-0.2, -0.15) is 0 Å². The summed E-state index contributed by atoms with van der Waals surface area (Å²) in [5.41, 5.74) is 4.88. The molecule has 0 heterocycles. The number of aryl methyl sites for hydroxylation is 3. The fourth-order valence-corrected chi connectivity index (χ4v) is 7.52. The first kappa shape index (κ1) is 32.9. The van der Waals surface area contributed by atoms with Crippen molar-refractivity contribution >= 4 is 27.5 Å². The molecule has 4 aromatic rings. The van der Waals surface area contributed by atoms with Crippen molar-refractivity contribution in [1.29, 1.82) is 0 Å². The van der Waals surface area contributed by atoms with Gasteiger partial charge >= 0.3 is 0 Å². The Morgan fingerprint density at radius 1 is 0.783 bits per heavy atom. The smallest absolute Gasteiger partial charge is 0.264 e. The van der Waals surface area contributed by atoms with Crippen LogP contribution in [0.25, 0.3) is 0 Å². The van der Waals surface area contributed by atoms with Gasteiger partial charge in [-0.25, -0.2) is 8.42 Å². The number of rotatable bonds is 12. The summed E-state index contributed by atoms with van der Waals surface area (Å²) >= 11 is 0. The van der Waals surface area contributed by atoms with E-state index in [9.17, 15) is 18.0 Å². The summed E-state index contributed by atoms with van der Waals surface area (Å²) in [5.74, 6) is -0.677. The van der Waals surface area contributed by atoms with Crippen molar-refractivity contribution in [3.05, 3.63) is 131 Å². The summed E-state index contributed by atoms with van der Waals surface area (Å²) in [6.07, 6.45) is 4.23. The van der Waals surface area contributed by atoms with Gasteiger partial charge < -0.3 is 10.2 Å². The Kier molecular flexibility index (Phi) is 10.6. The lowest BCUT2D eigenvalue weighted by Crippen LogP contribution is -2.54. The SMILES string of the molecule is Cc1ccc(CN(C(=O)CN(c2cc(C)ccc2C)S(=O)(=O)c2ccccc2)[C@H](Cc2ccccc2)C(=O)NC2CCCC2)cc1. The molecule has 0 saturated heterocycles. The van der Waals surface area contributed by atoms with Crippen LogP contribution in [0.2, 0.25) is 0 Å². The van der Waals surface area contributed by atoms with E-state index in [1.54, 1.807) is 29.2 Å². The molecular weight excluding hydrogens is 595 g/mol. The Hall–Kier alpha value is -4.43. The second-order valence-corrected chi connectivity index (χ2v) is 14.2. The molecule has 1 fully saturated rings. The summed E-state index contributed by atoms with van der Waals surface area (Å²) in [6.45, 7) is 5.42. The average molecular weight is 638 g/mol. The van der Waals surface area contributed by atoms with Crippen molar-refractivity contribution in [3.8, 4) is 0 Å². The summed E-state index contributed by atoms with van der Waals surface area (Å²) in [5, 5.41) is 3.22. The maximum atomic E-state index is 14.7. The van der Waals surface area contributed by atoms with Crippen molar-refractivity contribution in [1.82, 2.24) is 10.2 Å². The van der Waals surface area contributed by atoms with Crippen LogP contribution in [0, 0.1) is 20.8 Å². The third kappa shape index (κ3) is 8.04. The third-order valence-electron chi connectivity index (χ3n) is 8.69. The van der Waals surface area contributed by atoms with E-state index in [0.717, 1.165) is 53.5 Å². The standard InChI is InChI=1S/C38H43N3O4S/c1-28-19-22-32(23-20-28)26-40(36(25-31-12-6-4-7-13-31)38(43)39-33-14-10-11-15-33)37(42)27-41(35-24-29(2)18-21-30(35)3)46(44,45)34-16-8-5-9-17-34/h4-9,12-13,16-24,33,36H,10-11,14-15,25-27H2,1-3H3,(H,39,43)/t36-/m1/s1. The topological polar surface area (TPSA) is 86.8 Å². The highest BCUT2D eigenvalue weighted by atomic mass is 32.2. The van der Waals surface area contributed by atoms with Gasteiger partial charge in [-0.1, -0.05) is 103 Å². The minimum absolute atomic E-state index is 0.0620. The maximum Gasteiger partial charge on any atom is 0.264 e. The minimum Gasteiger partial charge on any atom is -0.352 e. The molecule has 0 radical (unpaired) electrons. The first-order valence-electron chi connectivity index (χ1n) is 16.0. The number of hydrogen-bond donors (Lipinski definition) is 1. The molecule has 0 bridgehead atoms. The Morgan fingerprint density at radius 3 is 2.04 bits per heavy atom. The molecule has 1 atom stereocenters. The zero-order valence-corrected chi connectivity index (χ0v) is 27.7. The lowest BCUT2D eigenvalue weighted by Gasteiger charge is -2.34. The highest BCUT2D eigenvalue weighted by molar-refractivity contribution is 7.92. The Morgan fingerprint density at radius 2 is 1.39 bits per heavy atom. The molecule has 5 rings (SSSR count). The van der Waals surface area contributed by atoms with Crippen molar-refractivity contribution in [2.24, 2.45) is 0 Å². The van der Waals surface area contributed by atoms with E-state index < -0.39 is 28.5 Å². The molecule has 240 valence electrons. The normalized spacial score (nSPS) is 14.1. The highest BCUT2D eigenvalue weighted by Gasteiger charge is 2.36. The van der Waals surface area contributed by atoms with Crippen molar-refractivity contribution in [2.45, 2.75) is 76.4 Å². The van der Waals surface area contributed by atoms with Gasteiger partial charge in [0.15, 0.2) is 0 Å². The quantitative estimate of drug-likeness (QED) is 0.192. The van der Waals surface area contributed by atoms with Gasteiger partial charge in [0.25, 0.3) is 10.0 Å². The van der Waals surface area contributed by atoms with Crippen LogP contribution in [0.4, 0.5) is 5.69 Å². The monoisotopic (exact) mass is 637 g/mol. The van der Waals surface area contributed by atoms with E-state index >= 15 is 0 Å². The first-order chi connectivity index (χ1) is 22.1. The van der Waals surface area contributed by atoms with Crippen LogP contribution in [0.1, 0.15) is 53.5 Å². The predicted molar refractivity (Wildman–Crippen MR) is 183 cm³/mol. The number of benzene rings is 4. The number of sulfonamides is 1. The number of anilines is 1. The second-order valence-electron chi connectivity index (χ2n) is 12.3. The Bertz CT molecular complexity index is 1740. The first-order valence-corrected chi connectivity index (χ1v) is 17.4. The fraction of sp³-hybridized carbons (Fsp3) is 0.316. The molecule has 4 aromatic carbocycles. The lowest BCUT2D eigenvalue weighted by atomic mass is 10.0. The second kappa shape index (κ2) is 14.8. The summed E-state index contributed by atoms with van der Waals surface area (Å²) in [7, 11) is -4.14. The molecule has 1 aliphatic carbocycles. The van der Waals surface area contributed by atoms with Gasteiger partial charge in [0.1, 0.15) is 12.6 Å². The number of carbonyl (C=O) groups is 2. The van der Waals surface area contributed by atoms with Gasteiger partial charge in [-0.05, 0) is 74.1 Å². The molecule has 1 saturated carbocycles. The molecule has 46 heavy (non-hydrogen) atoms. The van der Waals surface area contributed by atoms with Gasteiger partial charge in [0.2, 0.25) is 11.8 Å².